The van der Waals surface area contributed by atoms with Gasteiger partial charge in [-0.05, 0) is 12.1 Å². The number of carboxylic acids is 1. The van der Waals surface area contributed by atoms with Crippen LogP contribution in [0.25, 0.3) is 10.9 Å². The summed E-state index contributed by atoms with van der Waals surface area (Å²) in [5, 5.41) is 12.0. The number of hydrogen-bond donors (Lipinski definition) is 0. The molecule has 0 saturated carbocycles. The van der Waals surface area contributed by atoms with Crippen LogP contribution in [0, 0.1) is 0 Å². The zero-order valence-corrected chi connectivity index (χ0v) is 13.0. The molecule has 0 aliphatic carbocycles. The van der Waals surface area contributed by atoms with Crippen molar-refractivity contribution in [2.24, 2.45) is 0 Å². The Hall–Kier alpha value is 0.316. The molecule has 1 aromatic carbocycles. The van der Waals surface area contributed by atoms with E-state index in [1.807, 2.05) is 0 Å². The Morgan fingerprint density at radius 1 is 1.31 bits per heavy atom. The molecular weight excluding hydrogens is 276 g/mol. The van der Waals surface area contributed by atoms with Crippen LogP contribution in [-0.2, 0) is 0 Å². The second kappa shape index (κ2) is 5.77. The summed E-state index contributed by atoms with van der Waals surface area (Å²) >= 11 is 11.5. The molecule has 0 amide bonds. The maximum Gasteiger partial charge on any atom is 1.00 e. The van der Waals surface area contributed by atoms with Gasteiger partial charge in [-0.15, -0.1) is 0 Å². The van der Waals surface area contributed by atoms with Gasteiger partial charge in [-0.2, -0.15) is 0 Å². The third kappa shape index (κ3) is 2.76. The summed E-state index contributed by atoms with van der Waals surface area (Å²) in [5.74, 6) is -1.35. The summed E-state index contributed by atoms with van der Waals surface area (Å²) in [7, 11) is 0. The third-order valence-electron chi connectivity index (χ3n) is 1.97. The van der Waals surface area contributed by atoms with E-state index < -0.39 is 5.97 Å². The predicted molar refractivity (Wildman–Crippen MR) is 56.1 cm³/mol. The van der Waals surface area contributed by atoms with Gasteiger partial charge in [-0.25, -0.2) is 0 Å². The van der Waals surface area contributed by atoms with E-state index in [2.05, 4.69) is 4.98 Å². The summed E-state index contributed by atoms with van der Waals surface area (Å²) in [6.07, 6.45) is 1.37. The maximum absolute atomic E-state index is 10.9. The van der Waals surface area contributed by atoms with E-state index in [4.69, 9.17) is 23.2 Å². The van der Waals surface area contributed by atoms with Crippen molar-refractivity contribution in [3.8, 4) is 0 Å². The molecule has 0 fully saturated rings. The summed E-state index contributed by atoms with van der Waals surface area (Å²) in [6.45, 7) is 0. The van der Waals surface area contributed by atoms with Gasteiger partial charge in [0.25, 0.3) is 0 Å². The Kier molecular flexibility index (Phi) is 5.19. The summed E-state index contributed by atoms with van der Waals surface area (Å²) in [5.41, 5.74) is 0.178. The fourth-order valence-electron chi connectivity index (χ4n) is 1.34. The van der Waals surface area contributed by atoms with Crippen LogP contribution >= 0.6 is 23.2 Å². The third-order valence-corrected chi connectivity index (χ3v) is 2.49. The molecule has 2 rings (SSSR count). The van der Waals surface area contributed by atoms with E-state index in [0.29, 0.717) is 10.4 Å². The first-order valence-corrected chi connectivity index (χ1v) is 4.80. The molecule has 6 heteroatoms. The Labute approximate surface area is 144 Å². The first-order chi connectivity index (χ1) is 7.09. The van der Waals surface area contributed by atoms with Crippen molar-refractivity contribution in [3.63, 3.8) is 0 Å². The van der Waals surface area contributed by atoms with Crippen molar-refractivity contribution in [2.75, 3.05) is 0 Å². The van der Waals surface area contributed by atoms with Crippen LogP contribution in [-0.4, -0.2) is 11.0 Å². The molecule has 0 unspecified atom stereocenters. The molecule has 1 aromatic heterocycles. The number of rotatable bonds is 1. The first-order valence-electron chi connectivity index (χ1n) is 4.04. The molecule has 16 heavy (non-hydrogen) atoms. The number of fused-ring (bicyclic) bond motifs is 1. The molecule has 0 radical (unpaired) electrons. The van der Waals surface area contributed by atoms with Gasteiger partial charge in [0.05, 0.1) is 21.5 Å². The topological polar surface area (TPSA) is 53.0 Å². The van der Waals surface area contributed by atoms with Crippen LogP contribution in [0.4, 0.5) is 0 Å². The Morgan fingerprint density at radius 3 is 2.62 bits per heavy atom. The van der Waals surface area contributed by atoms with Crippen molar-refractivity contribution in [1.82, 2.24) is 4.98 Å². The van der Waals surface area contributed by atoms with Crippen LogP contribution in [0.15, 0.2) is 24.4 Å². The van der Waals surface area contributed by atoms with Crippen LogP contribution in [0.2, 0.25) is 10.0 Å². The van der Waals surface area contributed by atoms with E-state index in [-0.39, 0.29) is 67.5 Å². The van der Waals surface area contributed by atoms with E-state index in [1.54, 1.807) is 12.1 Å². The van der Waals surface area contributed by atoms with E-state index in [1.165, 1.54) is 12.3 Å². The second-order valence-electron chi connectivity index (χ2n) is 2.94. The summed E-state index contributed by atoms with van der Waals surface area (Å²) in [4.78, 5) is 14.8. The number of aromatic nitrogens is 1. The molecule has 2 aromatic rings. The van der Waals surface area contributed by atoms with E-state index in [9.17, 15) is 9.90 Å². The number of benzene rings is 1. The number of carbonyl (C=O) groups excluding carboxylic acids is 1. The van der Waals surface area contributed by atoms with Crippen molar-refractivity contribution < 1.29 is 61.3 Å². The van der Waals surface area contributed by atoms with Gasteiger partial charge >= 0.3 is 51.4 Å². The Morgan fingerprint density at radius 2 is 2.00 bits per heavy atom. The number of halogens is 2. The molecule has 0 atom stereocenters. The monoisotopic (exact) mass is 279 g/mol. The Balaban J connectivity index is 0.00000128. The smallest absolute Gasteiger partial charge is 0.545 e. The molecule has 0 N–H and O–H groups in total. The molecule has 0 spiro atoms. The van der Waals surface area contributed by atoms with E-state index in [0.717, 1.165) is 0 Å². The van der Waals surface area contributed by atoms with Crippen LogP contribution in [0.1, 0.15) is 10.4 Å². The molecule has 3 nitrogen and oxygen atoms in total. The van der Waals surface area contributed by atoms with Gasteiger partial charge in [0.15, 0.2) is 0 Å². The number of aromatic carboxylic acids is 1. The van der Waals surface area contributed by atoms with Crippen LogP contribution in [0.5, 0.6) is 0 Å². The molecule has 0 aliphatic heterocycles. The number of pyridine rings is 1. The zero-order valence-electron chi connectivity index (χ0n) is 8.33. The van der Waals surface area contributed by atoms with Crippen molar-refractivity contribution in [3.05, 3.63) is 40.0 Å². The fraction of sp³-hybridized carbons (Fsp3) is 0. The molecular formula is C10H4Cl2KNO2. The number of hydrogen-bond acceptors (Lipinski definition) is 3. The number of nitrogens with zero attached hydrogens (tertiary/aromatic N) is 1. The van der Waals surface area contributed by atoms with Crippen molar-refractivity contribution in [1.29, 1.82) is 0 Å². The average Bonchev–Trinajstić information content (AvgIpc) is 2.17. The fourth-order valence-corrected chi connectivity index (χ4v) is 1.74. The van der Waals surface area contributed by atoms with Gasteiger partial charge < -0.3 is 9.90 Å². The standard InChI is InChI=1S/C10H5Cl2NO2.K/c11-6-3-5-1-2-7(12)8(10(14)15)9(5)13-4-6;/h1-4H,(H,14,15);/q;+1/p-1. The molecule has 0 bridgehead atoms. The molecule has 76 valence electrons. The molecule has 1 heterocycles. The van der Waals surface area contributed by atoms with Crippen LogP contribution in [0.3, 0.4) is 0 Å². The van der Waals surface area contributed by atoms with Gasteiger partial charge in [-0.1, -0.05) is 29.3 Å². The van der Waals surface area contributed by atoms with Gasteiger partial charge in [0.2, 0.25) is 0 Å². The van der Waals surface area contributed by atoms with Crippen LogP contribution < -0.4 is 56.5 Å². The molecule has 0 saturated heterocycles. The SMILES string of the molecule is O=C([O-])c1c(Cl)ccc2cc(Cl)cnc12.[K+]. The number of carboxylic acid groups (broad SMARTS) is 1. The van der Waals surface area contributed by atoms with Crippen molar-refractivity contribution in [2.45, 2.75) is 0 Å². The number of carbonyl (C=O) groups is 1. The summed E-state index contributed by atoms with van der Waals surface area (Å²) in [6, 6.07) is 4.75. The normalized spacial score (nSPS) is 9.88. The van der Waals surface area contributed by atoms with Gasteiger partial charge in [0.1, 0.15) is 0 Å². The minimum atomic E-state index is -1.35. The summed E-state index contributed by atoms with van der Waals surface area (Å²) < 4.78 is 0. The molecule has 0 aliphatic rings. The van der Waals surface area contributed by atoms with Gasteiger partial charge in [-0.3, -0.25) is 4.98 Å². The minimum absolute atomic E-state index is 0. The van der Waals surface area contributed by atoms with Gasteiger partial charge in [0, 0.05) is 17.1 Å². The minimum Gasteiger partial charge on any atom is -0.545 e. The zero-order chi connectivity index (χ0) is 11.0. The Bertz CT molecular complexity index is 560. The van der Waals surface area contributed by atoms with E-state index >= 15 is 0 Å². The second-order valence-corrected chi connectivity index (χ2v) is 3.78. The first kappa shape index (κ1) is 14.4. The largest absolute Gasteiger partial charge is 1.00 e. The quantitative estimate of drug-likeness (QED) is 0.624. The average molecular weight is 280 g/mol. The predicted octanol–water partition coefficient (Wildman–Crippen LogP) is -1.09. The van der Waals surface area contributed by atoms with Crippen molar-refractivity contribution >= 4 is 40.1 Å². The maximum atomic E-state index is 10.9.